The summed E-state index contributed by atoms with van der Waals surface area (Å²) in [6.45, 7) is 4.14. The predicted octanol–water partition coefficient (Wildman–Crippen LogP) is 3.43. The SMILES string of the molecule is C/C(=C1/C(=O)N(c2cc(C)cc(C)c2)c2cc(C(F)(F)F)ccc21)N(N)C(=O)CO. The van der Waals surface area contributed by atoms with Crippen LogP contribution in [0.5, 0.6) is 0 Å². The molecule has 0 spiro atoms. The third-order valence-corrected chi connectivity index (χ3v) is 4.84. The van der Waals surface area contributed by atoms with Gasteiger partial charge < -0.3 is 5.11 Å². The summed E-state index contributed by atoms with van der Waals surface area (Å²) in [4.78, 5) is 26.3. The normalized spacial score (nSPS) is 15.3. The Morgan fingerprint density at radius 2 is 1.73 bits per heavy atom. The van der Waals surface area contributed by atoms with E-state index in [-0.39, 0.29) is 22.5 Å². The lowest BCUT2D eigenvalue weighted by molar-refractivity contribution is -0.137. The van der Waals surface area contributed by atoms with Crippen molar-refractivity contribution in [3.05, 3.63) is 64.3 Å². The molecule has 0 radical (unpaired) electrons. The minimum absolute atomic E-state index is 0.0119. The van der Waals surface area contributed by atoms with E-state index in [9.17, 15) is 22.8 Å². The zero-order valence-electron chi connectivity index (χ0n) is 16.5. The molecular weight excluding hydrogens is 399 g/mol. The summed E-state index contributed by atoms with van der Waals surface area (Å²) in [5, 5.41) is 9.69. The first kappa shape index (κ1) is 21.5. The van der Waals surface area contributed by atoms with Crippen molar-refractivity contribution in [1.82, 2.24) is 5.01 Å². The smallest absolute Gasteiger partial charge is 0.386 e. The van der Waals surface area contributed by atoms with Gasteiger partial charge in [0.05, 0.1) is 16.8 Å². The Balaban J connectivity index is 2.29. The van der Waals surface area contributed by atoms with Gasteiger partial charge in [0, 0.05) is 16.9 Å². The monoisotopic (exact) mass is 419 g/mol. The minimum atomic E-state index is -4.60. The quantitative estimate of drug-likeness (QED) is 0.345. The van der Waals surface area contributed by atoms with E-state index >= 15 is 0 Å². The summed E-state index contributed by atoms with van der Waals surface area (Å²) in [6, 6.07) is 8.22. The second kappa shape index (κ2) is 7.58. The van der Waals surface area contributed by atoms with Gasteiger partial charge in [0.15, 0.2) is 0 Å². The number of amides is 2. The Hall–Kier alpha value is -3.17. The maximum Gasteiger partial charge on any atom is 0.416 e. The summed E-state index contributed by atoms with van der Waals surface area (Å²) in [5.74, 6) is 4.24. The molecule has 0 aromatic heterocycles. The first-order valence-electron chi connectivity index (χ1n) is 8.99. The molecule has 6 nitrogen and oxygen atoms in total. The number of benzene rings is 2. The Labute approximate surface area is 171 Å². The van der Waals surface area contributed by atoms with Crippen molar-refractivity contribution in [2.45, 2.75) is 26.9 Å². The summed E-state index contributed by atoms with van der Waals surface area (Å²) >= 11 is 0. The molecule has 0 fully saturated rings. The van der Waals surface area contributed by atoms with E-state index in [2.05, 4.69) is 0 Å². The molecule has 2 aromatic rings. The van der Waals surface area contributed by atoms with Crippen molar-refractivity contribution in [1.29, 1.82) is 0 Å². The largest absolute Gasteiger partial charge is 0.416 e. The molecule has 3 N–H and O–H groups in total. The second-order valence-electron chi connectivity index (χ2n) is 7.10. The number of carbonyl (C=O) groups is 2. The standard InChI is InChI=1S/C21H20F3N3O3/c1-11-6-12(2)8-15(7-11)26-17-9-14(21(22,23)24)4-5-16(17)19(20(26)30)13(3)27(25)18(29)10-28/h4-9,28H,10,25H2,1-3H3/b19-13-. The number of alkyl halides is 3. The Kier molecular flexibility index (Phi) is 5.44. The Morgan fingerprint density at radius 1 is 1.13 bits per heavy atom. The predicted molar refractivity (Wildman–Crippen MR) is 105 cm³/mol. The number of hydrazine groups is 1. The van der Waals surface area contributed by atoms with Crippen molar-refractivity contribution in [3.8, 4) is 0 Å². The van der Waals surface area contributed by atoms with Gasteiger partial charge >= 0.3 is 6.18 Å². The number of anilines is 2. The molecule has 2 amide bonds. The van der Waals surface area contributed by atoms with Crippen LogP contribution in [0.4, 0.5) is 24.5 Å². The number of nitrogens with zero attached hydrogens (tertiary/aromatic N) is 2. The van der Waals surface area contributed by atoms with Crippen LogP contribution in [0.3, 0.4) is 0 Å². The molecule has 0 bridgehead atoms. The molecule has 30 heavy (non-hydrogen) atoms. The van der Waals surface area contributed by atoms with E-state index in [1.807, 2.05) is 19.9 Å². The van der Waals surface area contributed by atoms with Gasteiger partial charge in [0.25, 0.3) is 11.8 Å². The molecule has 0 saturated carbocycles. The van der Waals surface area contributed by atoms with Crippen LogP contribution in [0.15, 0.2) is 42.1 Å². The van der Waals surface area contributed by atoms with E-state index in [4.69, 9.17) is 10.9 Å². The van der Waals surface area contributed by atoms with Gasteiger partial charge in [-0.15, -0.1) is 0 Å². The molecule has 0 saturated heterocycles. The van der Waals surface area contributed by atoms with Gasteiger partial charge in [-0.05, 0) is 56.2 Å². The van der Waals surface area contributed by atoms with Crippen LogP contribution in [0, 0.1) is 13.8 Å². The number of rotatable bonds is 3. The molecule has 1 aliphatic rings. The maximum atomic E-state index is 13.3. The lowest BCUT2D eigenvalue weighted by atomic mass is 10.0. The van der Waals surface area contributed by atoms with E-state index in [1.54, 1.807) is 12.1 Å². The number of nitrogens with two attached hydrogens (primary N) is 1. The van der Waals surface area contributed by atoms with Crippen LogP contribution in [-0.4, -0.2) is 28.5 Å². The van der Waals surface area contributed by atoms with E-state index < -0.39 is 30.2 Å². The molecule has 1 aliphatic heterocycles. The lowest BCUT2D eigenvalue weighted by Crippen LogP contribution is -2.38. The van der Waals surface area contributed by atoms with E-state index in [1.165, 1.54) is 17.9 Å². The fourth-order valence-corrected chi connectivity index (χ4v) is 3.51. The summed E-state index contributed by atoms with van der Waals surface area (Å²) in [7, 11) is 0. The van der Waals surface area contributed by atoms with Crippen LogP contribution in [0.25, 0.3) is 5.57 Å². The topological polar surface area (TPSA) is 86.9 Å². The Morgan fingerprint density at radius 3 is 2.27 bits per heavy atom. The number of hydrogen-bond donors (Lipinski definition) is 2. The van der Waals surface area contributed by atoms with E-state index in [0.29, 0.717) is 10.7 Å². The average Bonchev–Trinajstić information content (AvgIpc) is 2.95. The van der Waals surface area contributed by atoms with Crippen LogP contribution < -0.4 is 10.7 Å². The Bertz CT molecular complexity index is 1060. The van der Waals surface area contributed by atoms with Gasteiger partial charge in [0.1, 0.15) is 6.61 Å². The minimum Gasteiger partial charge on any atom is -0.386 e. The number of halogens is 3. The molecule has 158 valence electrons. The molecule has 0 unspecified atom stereocenters. The molecular formula is C21H20F3N3O3. The molecule has 2 aromatic carbocycles. The number of fused-ring (bicyclic) bond motifs is 1. The molecule has 0 aliphatic carbocycles. The fourth-order valence-electron chi connectivity index (χ4n) is 3.51. The van der Waals surface area contributed by atoms with Crippen LogP contribution >= 0.6 is 0 Å². The van der Waals surface area contributed by atoms with Crippen molar-refractivity contribution in [2.24, 2.45) is 5.84 Å². The van der Waals surface area contributed by atoms with Gasteiger partial charge in [-0.2, -0.15) is 13.2 Å². The molecule has 3 rings (SSSR count). The van der Waals surface area contributed by atoms with E-state index in [0.717, 1.165) is 23.3 Å². The molecule has 9 heteroatoms. The second-order valence-corrected chi connectivity index (χ2v) is 7.10. The number of allylic oxidation sites excluding steroid dienone is 1. The van der Waals surface area contributed by atoms with Crippen LogP contribution in [-0.2, 0) is 15.8 Å². The highest BCUT2D eigenvalue weighted by atomic mass is 19.4. The zero-order valence-corrected chi connectivity index (χ0v) is 16.5. The fraction of sp³-hybridized carbons (Fsp3) is 0.238. The highest BCUT2D eigenvalue weighted by Gasteiger charge is 2.39. The summed E-state index contributed by atoms with van der Waals surface area (Å²) < 4.78 is 40.0. The number of aliphatic hydroxyl groups excluding tert-OH is 1. The average molecular weight is 419 g/mol. The van der Waals surface area contributed by atoms with Crippen molar-refractivity contribution in [2.75, 3.05) is 11.5 Å². The van der Waals surface area contributed by atoms with Crippen molar-refractivity contribution < 1.29 is 27.9 Å². The third-order valence-electron chi connectivity index (χ3n) is 4.84. The highest BCUT2D eigenvalue weighted by molar-refractivity contribution is 6.35. The van der Waals surface area contributed by atoms with Crippen LogP contribution in [0.2, 0.25) is 0 Å². The van der Waals surface area contributed by atoms with Gasteiger partial charge in [-0.1, -0.05) is 12.1 Å². The summed E-state index contributed by atoms with van der Waals surface area (Å²) in [5.41, 5.74) is 1.42. The lowest BCUT2D eigenvalue weighted by Gasteiger charge is -2.20. The zero-order chi connectivity index (χ0) is 22.4. The maximum absolute atomic E-state index is 13.3. The number of hydrogen-bond acceptors (Lipinski definition) is 4. The first-order valence-corrected chi connectivity index (χ1v) is 8.99. The van der Waals surface area contributed by atoms with Gasteiger partial charge in [-0.3, -0.25) is 14.5 Å². The highest BCUT2D eigenvalue weighted by Crippen LogP contribution is 2.45. The first-order chi connectivity index (χ1) is 14.0. The third kappa shape index (κ3) is 3.69. The molecule has 1 heterocycles. The van der Waals surface area contributed by atoms with Crippen LogP contribution in [0.1, 0.15) is 29.2 Å². The van der Waals surface area contributed by atoms with Gasteiger partial charge in [0.2, 0.25) is 0 Å². The summed E-state index contributed by atoms with van der Waals surface area (Å²) in [6.07, 6.45) is -4.60. The van der Waals surface area contributed by atoms with Crippen molar-refractivity contribution in [3.63, 3.8) is 0 Å². The number of aliphatic hydroxyl groups is 1. The molecule has 0 atom stereocenters. The number of carbonyl (C=O) groups excluding carboxylic acids is 2. The van der Waals surface area contributed by atoms with Gasteiger partial charge in [-0.25, -0.2) is 10.9 Å². The van der Waals surface area contributed by atoms with Crippen molar-refractivity contribution >= 4 is 28.8 Å². The number of aryl methyl sites for hydroxylation is 2.